The Balaban J connectivity index is 0.000000307. The Kier molecular flexibility index (Phi) is 18.1. The second kappa shape index (κ2) is 21.1. The van der Waals surface area contributed by atoms with Crippen LogP contribution in [0.15, 0.2) is 72.8 Å². The zero-order valence-corrected chi connectivity index (χ0v) is 22.3. The molecule has 3 rings (SSSR count). The molecule has 12 nitrogen and oxygen atoms in total. The molecule has 0 aromatic heterocycles. The first-order valence-corrected chi connectivity index (χ1v) is 12.5. The number of aliphatic hydroxyl groups excluding tert-OH is 2. The normalized spacial score (nSPS) is 10.1. The van der Waals surface area contributed by atoms with Crippen molar-refractivity contribution in [2.45, 2.75) is 39.4 Å². The summed E-state index contributed by atoms with van der Waals surface area (Å²) in [6.45, 7) is 2.08. The molecule has 0 fully saturated rings. The fourth-order valence-electron chi connectivity index (χ4n) is 3.09. The number of aliphatic carboxylic acids is 2. The average Bonchev–Trinajstić information content (AvgIpc) is 2.98. The minimum absolute atomic E-state index is 0.0612. The Hall–Kier alpha value is -3.72. The van der Waals surface area contributed by atoms with E-state index in [-0.39, 0.29) is 26.3 Å². The summed E-state index contributed by atoms with van der Waals surface area (Å²) in [5.74, 6) is -1.78. The minimum Gasteiger partial charge on any atom is -0.480 e. The number of carboxylic acids is 2. The third-order valence-electron chi connectivity index (χ3n) is 5.16. The Bertz CT molecular complexity index is 1040. The van der Waals surface area contributed by atoms with E-state index in [0.717, 1.165) is 33.4 Å². The maximum Gasteiger partial charge on any atom is 0.318 e. The second-order valence-corrected chi connectivity index (χ2v) is 8.38. The van der Waals surface area contributed by atoms with Gasteiger partial charge in [-0.2, -0.15) is 0 Å². The number of rotatable bonds is 14. The van der Waals surface area contributed by atoms with Crippen molar-refractivity contribution in [2.24, 2.45) is 11.5 Å². The van der Waals surface area contributed by atoms with Crippen molar-refractivity contribution in [2.75, 3.05) is 13.1 Å². The quantitative estimate of drug-likeness (QED) is 0.0959. The Morgan fingerprint density at radius 3 is 1.20 bits per heavy atom. The highest BCUT2D eigenvalue weighted by atomic mass is 16.4. The molecule has 40 heavy (non-hydrogen) atoms. The number of benzene rings is 3. The van der Waals surface area contributed by atoms with Crippen molar-refractivity contribution in [3.8, 4) is 0 Å². The molecule has 12 N–H and O–H groups in total. The Morgan fingerprint density at radius 2 is 0.900 bits per heavy atom. The van der Waals surface area contributed by atoms with Gasteiger partial charge in [0, 0.05) is 26.2 Å². The summed E-state index contributed by atoms with van der Waals surface area (Å²) < 4.78 is 0. The van der Waals surface area contributed by atoms with Crippen molar-refractivity contribution in [3.63, 3.8) is 0 Å². The van der Waals surface area contributed by atoms with Crippen LogP contribution in [0.3, 0.4) is 0 Å². The first-order valence-electron chi connectivity index (χ1n) is 12.5. The van der Waals surface area contributed by atoms with Gasteiger partial charge in [-0.3, -0.25) is 20.4 Å². The van der Waals surface area contributed by atoms with E-state index in [9.17, 15) is 9.59 Å². The Morgan fingerprint density at radius 1 is 0.550 bits per heavy atom. The van der Waals surface area contributed by atoms with Crippen LogP contribution in [0.1, 0.15) is 33.4 Å². The molecule has 0 heterocycles. The number of hydrazine groups is 2. The average molecular weight is 557 g/mol. The first kappa shape index (κ1) is 34.3. The maximum absolute atomic E-state index is 10.2. The summed E-state index contributed by atoms with van der Waals surface area (Å²) in [6.07, 6.45) is 0. The molecular formula is C28H40N6O6. The van der Waals surface area contributed by atoms with E-state index in [2.05, 4.69) is 21.7 Å². The lowest BCUT2D eigenvalue weighted by Gasteiger charge is -2.06. The number of carboxylic acid groups (broad SMARTS) is 2. The fraction of sp³-hybridized carbons (Fsp3) is 0.286. The van der Waals surface area contributed by atoms with Gasteiger partial charge in [-0.15, -0.1) is 0 Å². The molecule has 3 aromatic rings. The molecular weight excluding hydrogens is 516 g/mol. The second-order valence-electron chi connectivity index (χ2n) is 8.38. The Labute approximate surface area is 234 Å². The molecule has 0 amide bonds. The van der Waals surface area contributed by atoms with Crippen LogP contribution in [0.4, 0.5) is 0 Å². The summed E-state index contributed by atoms with van der Waals surface area (Å²) in [5.41, 5.74) is 27.8. The lowest BCUT2D eigenvalue weighted by atomic mass is 10.1. The van der Waals surface area contributed by atoms with Crippen LogP contribution >= 0.6 is 0 Å². The van der Waals surface area contributed by atoms with Gasteiger partial charge in [0.2, 0.25) is 0 Å². The molecule has 0 radical (unpaired) electrons. The van der Waals surface area contributed by atoms with Gasteiger partial charge in [0.15, 0.2) is 0 Å². The van der Waals surface area contributed by atoms with Crippen LogP contribution in [0, 0.1) is 0 Å². The summed E-state index contributed by atoms with van der Waals surface area (Å²) in [7, 11) is 0. The van der Waals surface area contributed by atoms with Crippen LogP contribution in [0.5, 0.6) is 0 Å². The fourth-order valence-corrected chi connectivity index (χ4v) is 3.09. The summed E-state index contributed by atoms with van der Waals surface area (Å²) in [6, 6.07) is 22.8. The number of nitrogens with two attached hydrogens (primary N) is 2. The predicted molar refractivity (Wildman–Crippen MR) is 152 cm³/mol. The third-order valence-corrected chi connectivity index (χ3v) is 5.16. The zero-order chi connectivity index (χ0) is 29.6. The van der Waals surface area contributed by atoms with Gasteiger partial charge >= 0.3 is 11.9 Å². The minimum atomic E-state index is -0.891. The standard InChI is InChI=1S/2C10H15N3O2.C8H10O2/c2*11-5-8-2-1-3-9(4-8)6-12-13-7-10(14)15;9-5-7-1-2-8(6-10)4-3-7/h2*1-4,12-13H,5-7,11H2,(H,14,15);1-4,9-10H,5-6H2. The van der Waals surface area contributed by atoms with E-state index < -0.39 is 11.9 Å². The van der Waals surface area contributed by atoms with Crippen molar-refractivity contribution in [1.82, 2.24) is 21.7 Å². The number of aliphatic hydroxyl groups is 2. The monoisotopic (exact) mass is 556 g/mol. The lowest BCUT2D eigenvalue weighted by Crippen LogP contribution is -2.35. The lowest BCUT2D eigenvalue weighted by molar-refractivity contribution is -0.137. The number of hydrogen-bond acceptors (Lipinski definition) is 10. The van der Waals surface area contributed by atoms with Crippen molar-refractivity contribution in [3.05, 3.63) is 106 Å². The largest absolute Gasteiger partial charge is 0.480 e. The van der Waals surface area contributed by atoms with Crippen LogP contribution in [0.25, 0.3) is 0 Å². The SMILES string of the molecule is NCc1cccc(CNNCC(=O)O)c1.NCc1cccc(CNNCC(=O)O)c1.OCc1ccc(CO)cc1. The van der Waals surface area contributed by atoms with E-state index in [1.807, 2.05) is 48.5 Å². The molecule has 0 aliphatic rings. The highest BCUT2D eigenvalue weighted by molar-refractivity contribution is 5.69. The molecule has 0 bridgehead atoms. The van der Waals surface area contributed by atoms with Gasteiger partial charge in [0.1, 0.15) is 13.1 Å². The smallest absolute Gasteiger partial charge is 0.318 e. The van der Waals surface area contributed by atoms with Gasteiger partial charge in [0.05, 0.1) is 13.2 Å². The number of nitrogens with one attached hydrogen (secondary N) is 4. The third kappa shape index (κ3) is 16.3. The van der Waals surface area contributed by atoms with Crippen LogP contribution in [-0.4, -0.2) is 45.5 Å². The molecule has 218 valence electrons. The molecule has 0 unspecified atom stereocenters. The topological polar surface area (TPSA) is 215 Å². The van der Waals surface area contributed by atoms with E-state index in [1.54, 1.807) is 24.3 Å². The van der Waals surface area contributed by atoms with Gasteiger partial charge < -0.3 is 31.9 Å². The first-order chi connectivity index (χ1) is 19.3. The van der Waals surface area contributed by atoms with E-state index in [4.69, 9.17) is 31.9 Å². The van der Waals surface area contributed by atoms with Gasteiger partial charge in [-0.1, -0.05) is 72.8 Å². The molecule has 0 spiro atoms. The highest BCUT2D eigenvalue weighted by Crippen LogP contribution is 2.05. The summed E-state index contributed by atoms with van der Waals surface area (Å²) in [4.78, 5) is 20.4. The highest BCUT2D eigenvalue weighted by Gasteiger charge is 1.97. The van der Waals surface area contributed by atoms with Gasteiger partial charge in [0.25, 0.3) is 0 Å². The molecule has 0 saturated carbocycles. The van der Waals surface area contributed by atoms with Crippen LogP contribution in [-0.2, 0) is 49.0 Å². The maximum atomic E-state index is 10.2. The molecule has 0 saturated heterocycles. The summed E-state index contributed by atoms with van der Waals surface area (Å²) >= 11 is 0. The van der Waals surface area contributed by atoms with Gasteiger partial charge in [-0.25, -0.2) is 10.9 Å². The zero-order valence-electron chi connectivity index (χ0n) is 22.3. The number of carbonyl (C=O) groups is 2. The van der Waals surface area contributed by atoms with Crippen molar-refractivity contribution in [1.29, 1.82) is 0 Å². The van der Waals surface area contributed by atoms with Crippen molar-refractivity contribution < 1.29 is 30.0 Å². The molecule has 0 atom stereocenters. The summed E-state index contributed by atoms with van der Waals surface area (Å²) in [5, 5.41) is 34.0. The van der Waals surface area contributed by atoms with Crippen LogP contribution in [0.2, 0.25) is 0 Å². The molecule has 0 aliphatic carbocycles. The van der Waals surface area contributed by atoms with E-state index in [0.29, 0.717) is 26.2 Å². The van der Waals surface area contributed by atoms with Crippen LogP contribution < -0.4 is 33.2 Å². The number of hydrogen-bond donors (Lipinski definition) is 10. The molecule has 0 aliphatic heterocycles. The predicted octanol–water partition coefficient (Wildman–Crippen LogP) is 0.319. The van der Waals surface area contributed by atoms with Gasteiger partial charge in [-0.05, 0) is 33.4 Å². The molecule has 12 heteroatoms. The molecule has 3 aromatic carbocycles. The van der Waals surface area contributed by atoms with E-state index in [1.165, 1.54) is 0 Å². The van der Waals surface area contributed by atoms with Crippen molar-refractivity contribution >= 4 is 11.9 Å². The van der Waals surface area contributed by atoms with E-state index >= 15 is 0 Å².